The number of carbonyl (C=O) groups is 1. The van der Waals surface area contributed by atoms with E-state index in [9.17, 15) is 4.79 Å². The van der Waals surface area contributed by atoms with Gasteiger partial charge in [0.2, 0.25) is 0 Å². The molecule has 1 unspecified atom stereocenters. The Morgan fingerprint density at radius 3 is 2.44 bits per heavy atom. The van der Waals surface area contributed by atoms with Crippen LogP contribution in [-0.2, 0) is 6.54 Å². The van der Waals surface area contributed by atoms with E-state index in [1.807, 2.05) is 61.8 Å². The number of aromatic nitrogens is 2. The van der Waals surface area contributed by atoms with Crippen molar-refractivity contribution in [3.8, 4) is 0 Å². The molecule has 6 heteroatoms. The highest BCUT2D eigenvalue weighted by molar-refractivity contribution is 5.88. The second-order valence-electron chi connectivity index (χ2n) is 6.51. The summed E-state index contributed by atoms with van der Waals surface area (Å²) in [6.45, 7) is 3.27. The van der Waals surface area contributed by atoms with Crippen LogP contribution in [0.3, 0.4) is 0 Å². The number of para-hydroxylation sites is 1. The number of carbonyl (C=O) groups excluding carboxylic acids is 1. The zero-order valence-electron chi connectivity index (χ0n) is 15.7. The Bertz CT molecular complexity index is 847. The SMILES string of the molecule is CC(CNC(=O)Nc1ccn(Cc2ccccc2)n1)N(C)c1ccccc1. The van der Waals surface area contributed by atoms with E-state index in [-0.39, 0.29) is 12.1 Å². The molecule has 27 heavy (non-hydrogen) atoms. The summed E-state index contributed by atoms with van der Waals surface area (Å²) in [5.74, 6) is 0.535. The van der Waals surface area contributed by atoms with Gasteiger partial charge in [-0.15, -0.1) is 0 Å². The molecule has 0 spiro atoms. The van der Waals surface area contributed by atoms with Gasteiger partial charge in [0, 0.05) is 37.6 Å². The molecule has 0 fully saturated rings. The molecule has 0 aliphatic rings. The van der Waals surface area contributed by atoms with Gasteiger partial charge in [0.25, 0.3) is 0 Å². The molecule has 3 aromatic rings. The number of anilines is 2. The van der Waals surface area contributed by atoms with Crippen molar-refractivity contribution in [1.82, 2.24) is 15.1 Å². The number of rotatable bonds is 7. The fraction of sp³-hybridized carbons (Fsp3) is 0.238. The average molecular weight is 363 g/mol. The predicted molar refractivity (Wildman–Crippen MR) is 109 cm³/mol. The monoisotopic (exact) mass is 363 g/mol. The summed E-state index contributed by atoms with van der Waals surface area (Å²) in [7, 11) is 2.02. The van der Waals surface area contributed by atoms with Crippen molar-refractivity contribution in [3.63, 3.8) is 0 Å². The molecule has 1 heterocycles. The van der Waals surface area contributed by atoms with Crippen LogP contribution in [0.5, 0.6) is 0 Å². The summed E-state index contributed by atoms with van der Waals surface area (Å²) in [4.78, 5) is 14.3. The Morgan fingerprint density at radius 1 is 1.07 bits per heavy atom. The molecule has 0 radical (unpaired) electrons. The van der Waals surface area contributed by atoms with Crippen LogP contribution in [0.15, 0.2) is 72.9 Å². The average Bonchev–Trinajstić information content (AvgIpc) is 3.13. The highest BCUT2D eigenvalue weighted by atomic mass is 16.2. The minimum atomic E-state index is -0.256. The van der Waals surface area contributed by atoms with Crippen LogP contribution in [0.2, 0.25) is 0 Å². The van der Waals surface area contributed by atoms with Gasteiger partial charge in [-0.2, -0.15) is 5.10 Å². The molecule has 2 amide bonds. The second kappa shape index (κ2) is 8.89. The van der Waals surface area contributed by atoms with Gasteiger partial charge in [0.15, 0.2) is 5.82 Å². The smallest absolute Gasteiger partial charge is 0.320 e. The van der Waals surface area contributed by atoms with Crippen molar-refractivity contribution in [1.29, 1.82) is 0 Å². The minimum Gasteiger partial charge on any atom is -0.370 e. The Hall–Kier alpha value is -3.28. The van der Waals surface area contributed by atoms with E-state index in [0.717, 1.165) is 11.3 Å². The van der Waals surface area contributed by atoms with Gasteiger partial charge >= 0.3 is 6.03 Å². The van der Waals surface area contributed by atoms with Crippen LogP contribution in [0, 0.1) is 0 Å². The minimum absolute atomic E-state index is 0.161. The van der Waals surface area contributed by atoms with E-state index in [1.54, 1.807) is 10.7 Å². The van der Waals surface area contributed by atoms with Crippen molar-refractivity contribution in [2.24, 2.45) is 0 Å². The van der Waals surface area contributed by atoms with Crippen LogP contribution < -0.4 is 15.5 Å². The molecule has 6 nitrogen and oxygen atoms in total. The van der Waals surface area contributed by atoms with Gasteiger partial charge in [-0.25, -0.2) is 4.79 Å². The fourth-order valence-electron chi connectivity index (χ4n) is 2.74. The molecule has 140 valence electrons. The molecule has 0 saturated heterocycles. The topological polar surface area (TPSA) is 62.2 Å². The molecule has 1 atom stereocenters. The zero-order valence-corrected chi connectivity index (χ0v) is 15.7. The number of hydrogen-bond donors (Lipinski definition) is 2. The van der Waals surface area contributed by atoms with Crippen molar-refractivity contribution in [3.05, 3.63) is 78.5 Å². The largest absolute Gasteiger partial charge is 0.370 e. The summed E-state index contributed by atoms with van der Waals surface area (Å²) >= 11 is 0. The van der Waals surface area contributed by atoms with Crippen LogP contribution in [0.1, 0.15) is 12.5 Å². The lowest BCUT2D eigenvalue weighted by atomic mass is 10.2. The first-order valence-electron chi connectivity index (χ1n) is 9.02. The zero-order chi connectivity index (χ0) is 19.1. The molecule has 0 saturated carbocycles. The standard InChI is InChI=1S/C21H25N5O/c1-17(25(2)19-11-7-4-8-12-19)15-22-21(27)23-20-13-14-26(24-20)16-18-9-5-3-6-10-18/h3-14,17H,15-16H2,1-2H3,(H2,22,23,24,27). The molecule has 3 rings (SSSR count). The van der Waals surface area contributed by atoms with Gasteiger partial charge in [-0.3, -0.25) is 10.00 Å². The fourth-order valence-corrected chi connectivity index (χ4v) is 2.74. The van der Waals surface area contributed by atoms with Gasteiger partial charge in [-0.05, 0) is 24.6 Å². The molecule has 2 N–H and O–H groups in total. The van der Waals surface area contributed by atoms with Crippen LogP contribution in [0.4, 0.5) is 16.3 Å². The summed E-state index contributed by atoms with van der Waals surface area (Å²) < 4.78 is 1.80. The summed E-state index contributed by atoms with van der Waals surface area (Å²) in [5, 5.41) is 10.1. The van der Waals surface area contributed by atoms with Gasteiger partial charge in [-0.1, -0.05) is 48.5 Å². The van der Waals surface area contributed by atoms with Gasteiger partial charge < -0.3 is 10.2 Å². The molecular weight excluding hydrogens is 338 g/mol. The number of amides is 2. The third kappa shape index (κ3) is 5.34. The number of benzene rings is 2. The highest BCUT2D eigenvalue weighted by Crippen LogP contribution is 2.13. The van der Waals surface area contributed by atoms with Crippen LogP contribution >= 0.6 is 0 Å². The molecule has 2 aromatic carbocycles. The number of nitrogens with one attached hydrogen (secondary N) is 2. The number of urea groups is 1. The van der Waals surface area contributed by atoms with Crippen molar-refractivity contribution in [2.45, 2.75) is 19.5 Å². The molecular formula is C21H25N5O. The van der Waals surface area contributed by atoms with E-state index >= 15 is 0 Å². The lowest BCUT2D eigenvalue weighted by Crippen LogP contribution is -2.41. The van der Waals surface area contributed by atoms with Crippen LogP contribution in [-0.4, -0.2) is 35.4 Å². The molecule has 0 bridgehead atoms. The number of nitrogens with zero attached hydrogens (tertiary/aromatic N) is 3. The number of likely N-dealkylation sites (N-methyl/N-ethyl adjacent to an activating group) is 1. The predicted octanol–water partition coefficient (Wildman–Crippen LogP) is 3.58. The maximum atomic E-state index is 12.2. The first-order valence-corrected chi connectivity index (χ1v) is 9.02. The summed E-state index contributed by atoms with van der Waals surface area (Å²) in [6.07, 6.45) is 1.86. The summed E-state index contributed by atoms with van der Waals surface area (Å²) in [6, 6.07) is 21.9. The molecule has 0 aliphatic carbocycles. The van der Waals surface area contributed by atoms with E-state index in [0.29, 0.717) is 18.9 Å². The summed E-state index contributed by atoms with van der Waals surface area (Å²) in [5.41, 5.74) is 2.28. The van der Waals surface area contributed by atoms with Crippen molar-refractivity contribution < 1.29 is 4.79 Å². The Kier molecular flexibility index (Phi) is 6.10. The van der Waals surface area contributed by atoms with Crippen molar-refractivity contribution in [2.75, 3.05) is 23.8 Å². The van der Waals surface area contributed by atoms with Gasteiger partial charge in [0.1, 0.15) is 0 Å². The van der Waals surface area contributed by atoms with Gasteiger partial charge in [0.05, 0.1) is 6.54 Å². The van der Waals surface area contributed by atoms with E-state index in [1.165, 1.54) is 0 Å². The number of hydrogen-bond acceptors (Lipinski definition) is 3. The molecule has 1 aromatic heterocycles. The third-order valence-corrected chi connectivity index (χ3v) is 4.45. The maximum absolute atomic E-state index is 12.2. The first-order chi connectivity index (χ1) is 13.1. The quantitative estimate of drug-likeness (QED) is 0.674. The van der Waals surface area contributed by atoms with E-state index < -0.39 is 0 Å². The molecule has 0 aliphatic heterocycles. The van der Waals surface area contributed by atoms with E-state index in [4.69, 9.17) is 0 Å². The van der Waals surface area contributed by atoms with Crippen LogP contribution in [0.25, 0.3) is 0 Å². The Labute approximate surface area is 159 Å². The Balaban J connectivity index is 1.47. The lowest BCUT2D eigenvalue weighted by molar-refractivity contribution is 0.251. The lowest BCUT2D eigenvalue weighted by Gasteiger charge is -2.27. The first kappa shape index (κ1) is 18.5. The second-order valence-corrected chi connectivity index (χ2v) is 6.51. The third-order valence-electron chi connectivity index (χ3n) is 4.45. The normalized spacial score (nSPS) is 11.6. The Morgan fingerprint density at radius 2 is 1.74 bits per heavy atom. The van der Waals surface area contributed by atoms with Crippen molar-refractivity contribution >= 4 is 17.5 Å². The van der Waals surface area contributed by atoms with E-state index in [2.05, 4.69) is 39.7 Å². The highest BCUT2D eigenvalue weighted by Gasteiger charge is 2.12. The maximum Gasteiger partial charge on any atom is 0.320 e.